The molecule has 0 aliphatic heterocycles. The summed E-state index contributed by atoms with van der Waals surface area (Å²) in [5, 5.41) is 3.02. The molecule has 1 aromatic carbocycles. The Hall–Kier alpha value is -3.51. The molecule has 0 saturated heterocycles. The largest absolute Gasteiger partial charge is 0.347 e. The number of anilines is 1. The highest BCUT2D eigenvalue weighted by molar-refractivity contribution is 5.89. The molecule has 0 fully saturated rings. The SMILES string of the molecule is CC(=O)Nc1ccccc1CN(C1CCCc2cccnc21)C(c1ncc[nH]1)C1C=CC=CC1. The lowest BCUT2D eigenvalue weighted by atomic mass is 9.85. The number of carbonyl (C=O) groups is 1. The van der Waals surface area contributed by atoms with E-state index >= 15 is 0 Å². The number of aromatic amines is 1. The topological polar surface area (TPSA) is 73.9 Å². The van der Waals surface area contributed by atoms with E-state index in [4.69, 9.17) is 9.97 Å². The summed E-state index contributed by atoms with van der Waals surface area (Å²) in [6.07, 6.45) is 18.6. The zero-order valence-electron chi connectivity index (χ0n) is 19.5. The number of amides is 1. The maximum absolute atomic E-state index is 11.9. The molecule has 2 aliphatic carbocycles. The van der Waals surface area contributed by atoms with Gasteiger partial charge >= 0.3 is 0 Å². The molecule has 0 bridgehead atoms. The Balaban J connectivity index is 1.61. The fraction of sp³-hybridized carbons (Fsp3) is 0.321. The van der Waals surface area contributed by atoms with Crippen LogP contribution in [0.25, 0.3) is 0 Å². The predicted octanol–water partition coefficient (Wildman–Crippen LogP) is 5.52. The fourth-order valence-corrected chi connectivity index (χ4v) is 5.36. The molecule has 6 heteroatoms. The van der Waals surface area contributed by atoms with Crippen molar-refractivity contribution in [3.63, 3.8) is 0 Å². The van der Waals surface area contributed by atoms with E-state index in [0.717, 1.165) is 48.5 Å². The van der Waals surface area contributed by atoms with Gasteiger partial charge in [-0.25, -0.2) is 4.98 Å². The number of carbonyl (C=O) groups excluding carboxylic acids is 1. The summed E-state index contributed by atoms with van der Waals surface area (Å²) in [5.74, 6) is 1.18. The van der Waals surface area contributed by atoms with E-state index in [9.17, 15) is 4.79 Å². The number of pyridine rings is 1. The van der Waals surface area contributed by atoms with E-state index in [1.165, 1.54) is 5.56 Å². The molecule has 5 rings (SSSR count). The summed E-state index contributed by atoms with van der Waals surface area (Å²) in [7, 11) is 0. The lowest BCUT2D eigenvalue weighted by Crippen LogP contribution is -2.39. The van der Waals surface area contributed by atoms with Gasteiger partial charge < -0.3 is 10.3 Å². The third-order valence-corrected chi connectivity index (χ3v) is 6.82. The smallest absolute Gasteiger partial charge is 0.221 e. The Labute approximate surface area is 200 Å². The van der Waals surface area contributed by atoms with Gasteiger partial charge in [-0.05, 0) is 48.9 Å². The second-order valence-corrected chi connectivity index (χ2v) is 9.10. The van der Waals surface area contributed by atoms with E-state index < -0.39 is 0 Å². The normalized spacial score (nSPS) is 20.2. The van der Waals surface area contributed by atoms with E-state index in [2.05, 4.69) is 51.6 Å². The van der Waals surface area contributed by atoms with Crippen LogP contribution < -0.4 is 5.32 Å². The number of rotatable bonds is 7. The first kappa shape index (κ1) is 22.3. The number of hydrogen-bond donors (Lipinski definition) is 2. The molecule has 3 atom stereocenters. The first-order chi connectivity index (χ1) is 16.7. The van der Waals surface area contributed by atoms with Gasteiger partial charge in [-0.2, -0.15) is 0 Å². The van der Waals surface area contributed by atoms with Crippen molar-refractivity contribution in [1.82, 2.24) is 19.9 Å². The molecule has 174 valence electrons. The van der Waals surface area contributed by atoms with Gasteiger partial charge in [-0.15, -0.1) is 0 Å². The Kier molecular flexibility index (Phi) is 6.67. The quantitative estimate of drug-likeness (QED) is 0.494. The number of allylic oxidation sites excluding steroid dienone is 3. The fourth-order valence-electron chi connectivity index (χ4n) is 5.36. The highest BCUT2D eigenvalue weighted by Crippen LogP contribution is 2.43. The molecule has 6 nitrogen and oxygen atoms in total. The number of hydrogen-bond acceptors (Lipinski definition) is 4. The molecule has 0 radical (unpaired) electrons. The third kappa shape index (κ3) is 4.73. The van der Waals surface area contributed by atoms with Crippen LogP contribution in [0, 0.1) is 5.92 Å². The minimum absolute atomic E-state index is 0.0412. The molecular weight excluding hydrogens is 422 g/mol. The van der Waals surface area contributed by atoms with Crippen LogP contribution in [0.3, 0.4) is 0 Å². The van der Waals surface area contributed by atoms with Crippen LogP contribution in [0.1, 0.15) is 60.9 Å². The maximum Gasteiger partial charge on any atom is 0.221 e. The summed E-state index contributed by atoms with van der Waals surface area (Å²) in [4.78, 5) is 27.5. The highest BCUT2D eigenvalue weighted by atomic mass is 16.1. The third-order valence-electron chi connectivity index (χ3n) is 6.82. The minimum Gasteiger partial charge on any atom is -0.347 e. The van der Waals surface area contributed by atoms with E-state index in [1.54, 1.807) is 6.92 Å². The average Bonchev–Trinajstić information content (AvgIpc) is 3.39. The van der Waals surface area contributed by atoms with Crippen molar-refractivity contribution in [3.8, 4) is 0 Å². The zero-order valence-corrected chi connectivity index (χ0v) is 19.5. The van der Waals surface area contributed by atoms with Gasteiger partial charge in [0.1, 0.15) is 5.82 Å². The minimum atomic E-state index is -0.0633. The molecule has 0 saturated carbocycles. The number of fused-ring (bicyclic) bond motifs is 1. The number of nitrogens with zero attached hydrogens (tertiary/aromatic N) is 3. The van der Waals surface area contributed by atoms with Crippen molar-refractivity contribution in [2.45, 2.75) is 51.2 Å². The summed E-state index contributed by atoms with van der Waals surface area (Å²) in [6, 6.07) is 12.5. The van der Waals surface area contributed by atoms with Crippen LogP contribution in [0.5, 0.6) is 0 Å². The predicted molar refractivity (Wildman–Crippen MR) is 134 cm³/mol. The van der Waals surface area contributed by atoms with Gasteiger partial charge in [0, 0.05) is 43.7 Å². The van der Waals surface area contributed by atoms with Gasteiger partial charge in [0.2, 0.25) is 5.91 Å². The van der Waals surface area contributed by atoms with Crippen LogP contribution in [0.15, 0.2) is 79.3 Å². The van der Waals surface area contributed by atoms with Gasteiger partial charge in [-0.3, -0.25) is 14.7 Å². The second kappa shape index (κ2) is 10.2. The molecule has 3 unspecified atom stereocenters. The maximum atomic E-state index is 11.9. The van der Waals surface area contributed by atoms with E-state index in [-0.39, 0.29) is 23.9 Å². The Morgan fingerprint density at radius 1 is 1.18 bits per heavy atom. The number of aryl methyl sites for hydroxylation is 1. The first-order valence-electron chi connectivity index (χ1n) is 12.1. The number of imidazole rings is 1. The molecule has 2 aliphatic rings. The van der Waals surface area contributed by atoms with Gasteiger partial charge in [0.15, 0.2) is 0 Å². The molecule has 2 aromatic heterocycles. The van der Waals surface area contributed by atoms with Crippen molar-refractivity contribution >= 4 is 11.6 Å². The van der Waals surface area contributed by atoms with Crippen LogP contribution in [0.4, 0.5) is 5.69 Å². The first-order valence-corrected chi connectivity index (χ1v) is 12.1. The number of H-pyrrole nitrogens is 1. The van der Waals surface area contributed by atoms with Crippen molar-refractivity contribution in [2.75, 3.05) is 5.32 Å². The monoisotopic (exact) mass is 453 g/mol. The Morgan fingerprint density at radius 3 is 2.88 bits per heavy atom. The number of nitrogens with one attached hydrogen (secondary N) is 2. The molecule has 3 aromatic rings. The zero-order chi connectivity index (χ0) is 23.3. The Bertz CT molecular complexity index is 1180. The highest BCUT2D eigenvalue weighted by Gasteiger charge is 2.37. The average molecular weight is 454 g/mol. The molecule has 34 heavy (non-hydrogen) atoms. The van der Waals surface area contributed by atoms with Crippen LogP contribution in [0.2, 0.25) is 0 Å². The summed E-state index contributed by atoms with van der Waals surface area (Å²) in [6.45, 7) is 2.23. The van der Waals surface area contributed by atoms with Crippen molar-refractivity contribution in [1.29, 1.82) is 0 Å². The van der Waals surface area contributed by atoms with Crippen molar-refractivity contribution < 1.29 is 4.79 Å². The van der Waals surface area contributed by atoms with Crippen molar-refractivity contribution in [2.24, 2.45) is 5.92 Å². The number of aromatic nitrogens is 3. The van der Waals surface area contributed by atoms with Crippen molar-refractivity contribution in [3.05, 3.63) is 102 Å². The van der Waals surface area contributed by atoms with Crippen LogP contribution in [-0.4, -0.2) is 25.8 Å². The summed E-state index contributed by atoms with van der Waals surface area (Å²) in [5.41, 5.74) is 4.44. The van der Waals surface area contributed by atoms with Gasteiger partial charge in [0.05, 0.1) is 17.8 Å². The van der Waals surface area contributed by atoms with Crippen LogP contribution >= 0.6 is 0 Å². The number of para-hydroxylation sites is 1. The Morgan fingerprint density at radius 2 is 2.09 bits per heavy atom. The molecule has 2 N–H and O–H groups in total. The number of benzene rings is 1. The molecule has 1 amide bonds. The molecular formula is C28H31N5O. The van der Waals surface area contributed by atoms with E-state index in [0.29, 0.717) is 6.54 Å². The standard InChI is InChI=1S/C28H31N5O/c1-20(34)32-24-14-6-5-11-23(24)19-33(25-15-7-12-21-13-8-16-29-26(21)25)27(28-30-17-18-31-28)22-9-3-2-4-10-22/h2-6,8-9,11,13-14,16-18,22,25,27H,7,10,12,15,19H2,1H3,(H,30,31)(H,32,34). The molecule has 0 spiro atoms. The lowest BCUT2D eigenvalue weighted by Gasteiger charge is -2.42. The summed E-state index contributed by atoms with van der Waals surface area (Å²) >= 11 is 0. The van der Waals surface area contributed by atoms with Gasteiger partial charge in [-0.1, -0.05) is 48.6 Å². The van der Waals surface area contributed by atoms with E-state index in [1.807, 2.05) is 42.9 Å². The van der Waals surface area contributed by atoms with Crippen LogP contribution in [-0.2, 0) is 17.8 Å². The second-order valence-electron chi connectivity index (χ2n) is 9.10. The lowest BCUT2D eigenvalue weighted by molar-refractivity contribution is -0.114. The van der Waals surface area contributed by atoms with Gasteiger partial charge in [0.25, 0.3) is 0 Å². The molecule has 2 heterocycles. The summed E-state index contributed by atoms with van der Waals surface area (Å²) < 4.78 is 0.